The van der Waals surface area contributed by atoms with E-state index >= 15 is 0 Å². The Labute approximate surface area is 322 Å². The van der Waals surface area contributed by atoms with Gasteiger partial charge in [-0.25, -0.2) is 0 Å². The van der Waals surface area contributed by atoms with E-state index in [-0.39, 0.29) is 21.7 Å². The van der Waals surface area contributed by atoms with Crippen LogP contribution in [0, 0.1) is 45.3 Å². The molecule has 0 amide bonds. The van der Waals surface area contributed by atoms with Crippen LogP contribution in [0.25, 0.3) is 0 Å². The van der Waals surface area contributed by atoms with Crippen molar-refractivity contribution in [3.05, 3.63) is 0 Å². The predicted molar refractivity (Wildman–Crippen MR) is 218 cm³/mol. The topological polar surface area (TPSA) is 68.3 Å². The summed E-state index contributed by atoms with van der Waals surface area (Å²) in [4.78, 5) is 55.0. The van der Waals surface area contributed by atoms with Crippen molar-refractivity contribution in [2.75, 3.05) is 69.0 Å². The molecular weight excluding hydrogens is 753 g/mol. The van der Waals surface area contributed by atoms with Crippen LogP contribution in [-0.2, 0) is 19.2 Å². The Kier molecular flexibility index (Phi) is 13.0. The van der Waals surface area contributed by atoms with Crippen molar-refractivity contribution in [1.82, 2.24) is 0 Å². The fourth-order valence-corrected chi connectivity index (χ4v) is 20.4. The van der Waals surface area contributed by atoms with Crippen LogP contribution in [0.4, 0.5) is 0 Å². The quantitative estimate of drug-likeness (QED) is 0.235. The number of thioether (sulfide) groups is 8. The molecule has 1 heterocycles. The van der Waals surface area contributed by atoms with Gasteiger partial charge in [-0.1, -0.05) is 47.0 Å². The molecule has 8 aliphatic carbocycles. The smallest absolute Gasteiger partial charge is 0.195 e. The second-order valence-corrected chi connectivity index (χ2v) is 25.2. The van der Waals surface area contributed by atoms with Crippen molar-refractivity contribution in [3.8, 4) is 0 Å². The van der Waals surface area contributed by atoms with Crippen LogP contribution in [0.3, 0.4) is 0 Å². The van der Waals surface area contributed by atoms with Gasteiger partial charge in [0.2, 0.25) is 0 Å². The number of carbonyl (C=O) groups is 4. The maximum atomic E-state index is 13.7. The Morgan fingerprint density at radius 2 is 0.542 bits per heavy atom. The summed E-state index contributed by atoms with van der Waals surface area (Å²) in [5.41, 5.74) is -1.03. The van der Waals surface area contributed by atoms with Crippen LogP contribution in [-0.4, -0.2) is 89.5 Å². The highest BCUT2D eigenvalue weighted by atomic mass is 32.2. The van der Waals surface area contributed by atoms with Gasteiger partial charge >= 0.3 is 0 Å². The fraction of sp³-hybridized carbons (Fsp3) is 0.889. The molecule has 9 rings (SSSR count). The lowest BCUT2D eigenvalue weighted by Gasteiger charge is -2.60. The SMILES string of the molecule is O=C1SCCSCCSCCSC(=O)C23CC4CC(C2)CC(C4)(C3)C(=O)SCCSCCSCCSC(=O)C23CC4CC(CC1(C4)C2)C3. The lowest BCUT2D eigenvalue weighted by molar-refractivity contribution is -0.154. The summed E-state index contributed by atoms with van der Waals surface area (Å²) in [6, 6.07) is 0. The van der Waals surface area contributed by atoms with Crippen LogP contribution in [0.5, 0.6) is 0 Å². The van der Waals surface area contributed by atoms with Crippen molar-refractivity contribution in [2.45, 2.75) is 77.0 Å². The van der Waals surface area contributed by atoms with Gasteiger partial charge in [0, 0.05) is 90.7 Å². The highest BCUT2D eigenvalue weighted by Crippen LogP contribution is 2.68. The van der Waals surface area contributed by atoms with Gasteiger partial charge < -0.3 is 0 Å². The minimum absolute atomic E-state index is 0.257. The summed E-state index contributed by atoms with van der Waals surface area (Å²) in [7, 11) is 0. The van der Waals surface area contributed by atoms with Gasteiger partial charge in [-0.3, -0.25) is 19.2 Å². The third-order valence-electron chi connectivity index (χ3n) is 12.4. The molecule has 8 saturated carbocycles. The van der Waals surface area contributed by atoms with E-state index in [0.717, 1.165) is 133 Å². The Morgan fingerprint density at radius 3 is 0.771 bits per heavy atom. The van der Waals surface area contributed by atoms with E-state index in [1.807, 2.05) is 47.0 Å². The van der Waals surface area contributed by atoms with Gasteiger partial charge in [-0.05, 0) is 101 Å². The first-order valence-corrected chi connectivity index (χ1v) is 26.8. The monoisotopic (exact) mass is 804 g/mol. The first-order chi connectivity index (χ1) is 23.2. The standard InChI is InChI=1S/C36H52O4S8/c37-29-33-15-25-13-26(16-33)20-35(19-25,23-33)31(39)47-11-7-43-3-4-44-8-12-48-32(40)36-21-27-14-28(22-36)18-34(17-27,24-36)30(38)46-10-6-42-2-1-41-5-9-45-29/h25-28H,1-24H2. The minimum atomic E-state index is -0.257. The number of carbonyl (C=O) groups excluding carboxylic acids is 4. The van der Waals surface area contributed by atoms with Crippen molar-refractivity contribution in [2.24, 2.45) is 45.3 Å². The van der Waals surface area contributed by atoms with Crippen LogP contribution < -0.4 is 0 Å². The molecule has 1 aliphatic heterocycles. The maximum absolute atomic E-state index is 13.7. The summed E-state index contributed by atoms with van der Waals surface area (Å²) >= 11 is 14.0. The van der Waals surface area contributed by atoms with Crippen molar-refractivity contribution in [3.63, 3.8) is 0 Å². The van der Waals surface area contributed by atoms with Crippen molar-refractivity contribution < 1.29 is 19.2 Å². The molecule has 48 heavy (non-hydrogen) atoms. The van der Waals surface area contributed by atoms with E-state index < -0.39 is 0 Å². The van der Waals surface area contributed by atoms with E-state index in [9.17, 15) is 19.2 Å². The summed E-state index contributed by atoms with van der Waals surface area (Å²) < 4.78 is 0. The van der Waals surface area contributed by atoms with Gasteiger partial charge in [0.05, 0.1) is 0 Å². The van der Waals surface area contributed by atoms with E-state index in [2.05, 4.69) is 0 Å². The third kappa shape index (κ3) is 8.25. The number of hydrogen-bond donors (Lipinski definition) is 0. The van der Waals surface area contributed by atoms with E-state index in [1.54, 1.807) is 47.0 Å². The van der Waals surface area contributed by atoms with Crippen LogP contribution in [0.2, 0.25) is 0 Å². The van der Waals surface area contributed by atoms with Gasteiger partial charge in [0.25, 0.3) is 0 Å². The molecule has 0 radical (unpaired) electrons. The molecule has 0 N–H and O–H groups in total. The molecule has 0 aromatic rings. The zero-order valence-corrected chi connectivity index (χ0v) is 34.7. The largest absolute Gasteiger partial charge is 0.287 e. The summed E-state index contributed by atoms with van der Waals surface area (Å²) in [5.74, 6) is 14.0. The molecule has 9 aliphatic rings. The molecule has 0 unspecified atom stereocenters. The molecule has 9 fully saturated rings. The zero-order chi connectivity index (χ0) is 33.2. The van der Waals surface area contributed by atoms with Gasteiger partial charge in [-0.2, -0.15) is 47.0 Å². The van der Waals surface area contributed by atoms with Gasteiger partial charge in [0.1, 0.15) is 0 Å². The second kappa shape index (κ2) is 16.5. The molecule has 8 bridgehead atoms. The Morgan fingerprint density at radius 1 is 0.333 bits per heavy atom. The highest BCUT2D eigenvalue weighted by molar-refractivity contribution is 8.15. The number of hydrogen-bond acceptors (Lipinski definition) is 12. The maximum Gasteiger partial charge on any atom is 0.195 e. The normalized spacial score (nSPS) is 44.2. The van der Waals surface area contributed by atoms with Gasteiger partial charge in [0.15, 0.2) is 20.5 Å². The first-order valence-electron chi connectivity index (χ1n) is 18.2. The first kappa shape index (κ1) is 37.8. The summed E-state index contributed by atoms with van der Waals surface area (Å²) in [5, 5.41) is 1.54. The van der Waals surface area contributed by atoms with Crippen LogP contribution in [0.1, 0.15) is 77.0 Å². The lowest BCUT2D eigenvalue weighted by atomic mass is 9.44. The molecule has 0 aromatic carbocycles. The third-order valence-corrected chi connectivity index (χ3v) is 22.3. The highest BCUT2D eigenvalue weighted by Gasteiger charge is 2.64. The molecule has 4 nitrogen and oxygen atoms in total. The van der Waals surface area contributed by atoms with Crippen LogP contribution >= 0.6 is 94.1 Å². The molecule has 268 valence electrons. The molecular formula is C36H52O4S8. The summed E-state index contributed by atoms with van der Waals surface area (Å²) in [6.07, 6.45) is 12.2. The molecule has 4 spiro atoms. The molecule has 12 heteroatoms. The minimum Gasteiger partial charge on any atom is -0.287 e. The van der Waals surface area contributed by atoms with E-state index in [4.69, 9.17) is 0 Å². The number of rotatable bonds is 0. The summed E-state index contributed by atoms with van der Waals surface area (Å²) in [6.45, 7) is 0. The molecule has 0 atom stereocenters. The van der Waals surface area contributed by atoms with Gasteiger partial charge in [-0.15, -0.1) is 0 Å². The average molecular weight is 805 g/mol. The average Bonchev–Trinajstić information content (AvgIpc) is 3.04. The van der Waals surface area contributed by atoms with Crippen LogP contribution in [0.15, 0.2) is 0 Å². The van der Waals surface area contributed by atoms with Crippen molar-refractivity contribution in [1.29, 1.82) is 0 Å². The molecule has 1 saturated heterocycles. The zero-order valence-electron chi connectivity index (χ0n) is 28.2. The van der Waals surface area contributed by atoms with E-state index in [0.29, 0.717) is 44.1 Å². The lowest BCUT2D eigenvalue weighted by Crippen LogP contribution is -2.56. The van der Waals surface area contributed by atoms with Crippen molar-refractivity contribution >= 4 is 115 Å². The fourth-order valence-electron chi connectivity index (χ4n) is 11.5. The predicted octanol–water partition coefficient (Wildman–Crippen LogP) is 9.15. The Bertz CT molecular complexity index is 1020. The second-order valence-electron chi connectivity index (χ2n) is 16.0. The Balaban J connectivity index is 0.931. The van der Waals surface area contributed by atoms with E-state index in [1.165, 1.54) is 12.8 Å². The molecule has 0 aromatic heterocycles. The Hall–Kier alpha value is 1.48.